The number of amides is 1. The molecule has 9 heteroatoms. The lowest BCUT2D eigenvalue weighted by Gasteiger charge is -2.10. The van der Waals surface area contributed by atoms with E-state index in [0.717, 1.165) is 0 Å². The van der Waals surface area contributed by atoms with Crippen molar-refractivity contribution in [2.45, 2.75) is 0 Å². The van der Waals surface area contributed by atoms with Crippen LogP contribution in [0.2, 0.25) is 0 Å². The number of hydrogen-bond acceptors (Lipinski definition) is 7. The summed E-state index contributed by atoms with van der Waals surface area (Å²) >= 11 is 0. The number of rotatable bonds is 3. The molecule has 2 rings (SSSR count). The molecule has 0 atom stereocenters. The van der Waals surface area contributed by atoms with Gasteiger partial charge in [0, 0.05) is 27.3 Å². The molecule has 0 aromatic carbocycles. The zero-order chi connectivity index (χ0) is 14.0. The Morgan fingerprint density at radius 2 is 2.11 bits per heavy atom. The van der Waals surface area contributed by atoms with Crippen LogP contribution in [0.25, 0.3) is 5.95 Å². The van der Waals surface area contributed by atoms with Crippen molar-refractivity contribution in [3.8, 4) is 5.95 Å². The first-order chi connectivity index (χ1) is 9.01. The molecule has 0 saturated heterocycles. The number of carbonyl (C=O) groups excluding carboxylic acids is 1. The summed E-state index contributed by atoms with van der Waals surface area (Å²) in [6.07, 6.45) is 1.58. The number of nitrogens with two attached hydrogens (primary N) is 1. The number of nitrogen functional groups attached to an aromatic ring is 1. The van der Waals surface area contributed by atoms with Gasteiger partial charge < -0.3 is 16.0 Å². The topological polar surface area (TPSA) is 115 Å². The Hall–Kier alpha value is -2.71. The highest BCUT2D eigenvalue weighted by Gasteiger charge is 2.12. The Labute approximate surface area is 109 Å². The molecule has 9 nitrogen and oxygen atoms in total. The molecule has 0 bridgehead atoms. The largest absolute Gasteiger partial charge is 0.368 e. The summed E-state index contributed by atoms with van der Waals surface area (Å²) < 4.78 is 1.37. The first-order valence-corrected chi connectivity index (χ1v) is 5.48. The lowest BCUT2D eigenvalue weighted by molar-refractivity contribution is 0.0957. The highest BCUT2D eigenvalue weighted by atomic mass is 16.1. The monoisotopic (exact) mass is 262 g/mol. The minimum Gasteiger partial charge on any atom is -0.368 e. The standard InChI is InChI=1S/C10H14N8O/c1-12-7(19)6-4-5-18(16-6)10-14-8(11)13-9(15-10)17(2)3/h4-5H,1-3H3,(H,12,19)(H2,11,13,14,15). The molecule has 3 N–H and O–H groups in total. The van der Waals surface area contributed by atoms with Crippen molar-refractivity contribution in [2.75, 3.05) is 31.8 Å². The molecule has 0 unspecified atom stereocenters. The Morgan fingerprint density at radius 3 is 2.74 bits per heavy atom. The van der Waals surface area contributed by atoms with Crippen molar-refractivity contribution in [3.63, 3.8) is 0 Å². The maximum atomic E-state index is 11.4. The van der Waals surface area contributed by atoms with Gasteiger partial charge in [-0.15, -0.1) is 0 Å². The van der Waals surface area contributed by atoms with E-state index in [2.05, 4.69) is 25.4 Å². The molecule has 2 aromatic rings. The molecule has 19 heavy (non-hydrogen) atoms. The summed E-state index contributed by atoms with van der Waals surface area (Å²) in [4.78, 5) is 25.3. The van der Waals surface area contributed by atoms with Gasteiger partial charge in [-0.1, -0.05) is 0 Å². The van der Waals surface area contributed by atoms with E-state index in [9.17, 15) is 4.79 Å². The fourth-order valence-corrected chi connectivity index (χ4v) is 1.36. The van der Waals surface area contributed by atoms with E-state index in [1.165, 1.54) is 11.7 Å². The van der Waals surface area contributed by atoms with Crippen molar-refractivity contribution in [1.29, 1.82) is 0 Å². The maximum Gasteiger partial charge on any atom is 0.271 e. The van der Waals surface area contributed by atoms with Crippen LogP contribution in [0.3, 0.4) is 0 Å². The zero-order valence-corrected chi connectivity index (χ0v) is 10.8. The van der Waals surface area contributed by atoms with Crippen LogP contribution in [0.15, 0.2) is 12.3 Å². The first kappa shape index (κ1) is 12.7. The summed E-state index contributed by atoms with van der Waals surface area (Å²) in [5.74, 6) is 0.477. The van der Waals surface area contributed by atoms with E-state index < -0.39 is 0 Å². The number of anilines is 2. The summed E-state index contributed by atoms with van der Waals surface area (Å²) in [5, 5.41) is 6.56. The van der Waals surface area contributed by atoms with Gasteiger partial charge in [-0.25, -0.2) is 4.68 Å². The average molecular weight is 262 g/mol. The van der Waals surface area contributed by atoms with Gasteiger partial charge >= 0.3 is 0 Å². The Balaban J connectivity index is 2.41. The maximum absolute atomic E-state index is 11.4. The molecule has 1 amide bonds. The minimum atomic E-state index is -0.284. The molecular weight excluding hydrogens is 248 g/mol. The van der Waals surface area contributed by atoms with Crippen molar-refractivity contribution < 1.29 is 4.79 Å². The molecule has 0 radical (unpaired) electrons. The van der Waals surface area contributed by atoms with E-state index in [0.29, 0.717) is 5.95 Å². The molecule has 0 fully saturated rings. The van der Waals surface area contributed by atoms with Crippen LogP contribution < -0.4 is 16.0 Å². The van der Waals surface area contributed by atoms with Crippen LogP contribution in [0, 0.1) is 0 Å². The number of aromatic nitrogens is 5. The number of carbonyl (C=O) groups is 1. The second-order valence-corrected chi connectivity index (χ2v) is 3.91. The second kappa shape index (κ2) is 4.88. The van der Waals surface area contributed by atoms with Crippen LogP contribution in [0.4, 0.5) is 11.9 Å². The smallest absolute Gasteiger partial charge is 0.271 e. The van der Waals surface area contributed by atoms with Crippen LogP contribution >= 0.6 is 0 Å². The quantitative estimate of drug-likeness (QED) is 0.733. The summed E-state index contributed by atoms with van der Waals surface area (Å²) in [5.41, 5.74) is 5.89. The third-order valence-corrected chi connectivity index (χ3v) is 2.28. The molecule has 0 aliphatic carbocycles. The Kier molecular flexibility index (Phi) is 3.27. The van der Waals surface area contributed by atoms with E-state index in [1.807, 2.05) is 0 Å². The zero-order valence-electron chi connectivity index (χ0n) is 10.8. The van der Waals surface area contributed by atoms with Gasteiger partial charge in [0.15, 0.2) is 5.69 Å². The Morgan fingerprint density at radius 1 is 1.37 bits per heavy atom. The average Bonchev–Trinajstić information content (AvgIpc) is 2.86. The fourth-order valence-electron chi connectivity index (χ4n) is 1.36. The van der Waals surface area contributed by atoms with Crippen LogP contribution in [0.1, 0.15) is 10.5 Å². The molecule has 100 valence electrons. The van der Waals surface area contributed by atoms with Gasteiger partial charge in [0.2, 0.25) is 11.9 Å². The van der Waals surface area contributed by atoms with E-state index in [1.54, 1.807) is 31.3 Å². The van der Waals surface area contributed by atoms with Crippen molar-refractivity contribution in [1.82, 2.24) is 30.0 Å². The normalized spacial score (nSPS) is 10.3. The van der Waals surface area contributed by atoms with Crippen molar-refractivity contribution >= 4 is 17.8 Å². The van der Waals surface area contributed by atoms with E-state index in [-0.39, 0.29) is 23.5 Å². The molecular formula is C10H14N8O. The third-order valence-electron chi connectivity index (χ3n) is 2.28. The number of nitrogens with one attached hydrogen (secondary N) is 1. The molecule has 0 aliphatic rings. The van der Waals surface area contributed by atoms with Crippen LogP contribution in [0.5, 0.6) is 0 Å². The fraction of sp³-hybridized carbons (Fsp3) is 0.300. The predicted molar refractivity (Wildman–Crippen MR) is 69.1 cm³/mol. The van der Waals surface area contributed by atoms with Crippen molar-refractivity contribution in [3.05, 3.63) is 18.0 Å². The molecule has 2 heterocycles. The van der Waals surface area contributed by atoms with E-state index >= 15 is 0 Å². The predicted octanol–water partition coefficient (Wildman–Crippen LogP) is -0.935. The SMILES string of the molecule is CNC(=O)c1ccn(-c2nc(N)nc(N(C)C)n2)n1. The van der Waals surface area contributed by atoms with E-state index in [4.69, 9.17) is 5.73 Å². The van der Waals surface area contributed by atoms with Gasteiger partial charge in [0.05, 0.1) is 0 Å². The van der Waals surface area contributed by atoms with Gasteiger partial charge in [0.1, 0.15) is 0 Å². The Bertz CT molecular complexity index is 605. The molecule has 0 spiro atoms. The summed E-state index contributed by atoms with van der Waals surface area (Å²) in [7, 11) is 5.11. The molecule has 2 aromatic heterocycles. The lowest BCUT2D eigenvalue weighted by Crippen LogP contribution is -2.19. The van der Waals surface area contributed by atoms with Gasteiger partial charge in [-0.05, 0) is 6.07 Å². The van der Waals surface area contributed by atoms with Gasteiger partial charge in [0.25, 0.3) is 11.9 Å². The van der Waals surface area contributed by atoms with Crippen molar-refractivity contribution in [2.24, 2.45) is 0 Å². The summed E-state index contributed by atoms with van der Waals surface area (Å²) in [6.45, 7) is 0. The highest BCUT2D eigenvalue weighted by Crippen LogP contribution is 2.09. The molecule has 0 aliphatic heterocycles. The number of hydrogen-bond donors (Lipinski definition) is 2. The second-order valence-electron chi connectivity index (χ2n) is 3.91. The first-order valence-electron chi connectivity index (χ1n) is 5.48. The summed E-state index contributed by atoms with van der Waals surface area (Å²) in [6, 6.07) is 1.56. The highest BCUT2D eigenvalue weighted by molar-refractivity contribution is 5.91. The lowest BCUT2D eigenvalue weighted by atomic mass is 10.4. The van der Waals surface area contributed by atoms with Gasteiger partial charge in [-0.3, -0.25) is 4.79 Å². The van der Waals surface area contributed by atoms with Crippen LogP contribution in [-0.4, -0.2) is 51.8 Å². The van der Waals surface area contributed by atoms with Crippen LogP contribution in [-0.2, 0) is 0 Å². The third kappa shape index (κ3) is 2.59. The minimum absolute atomic E-state index is 0.0886. The molecule has 0 saturated carbocycles. The van der Waals surface area contributed by atoms with Gasteiger partial charge in [-0.2, -0.15) is 20.1 Å². The number of nitrogens with zero attached hydrogens (tertiary/aromatic N) is 6.